The number of carboxylic acid groups (broad SMARTS) is 1. The van der Waals surface area contributed by atoms with Crippen LogP contribution in [0.25, 0.3) is 23.2 Å². The van der Waals surface area contributed by atoms with Gasteiger partial charge in [-0.15, -0.1) is 0 Å². The van der Waals surface area contributed by atoms with E-state index in [0.717, 1.165) is 5.56 Å². The van der Waals surface area contributed by atoms with E-state index in [1.54, 1.807) is 31.4 Å². The minimum Gasteiger partial charge on any atom is -0.493 e. The summed E-state index contributed by atoms with van der Waals surface area (Å²) in [5.41, 5.74) is 2.06. The summed E-state index contributed by atoms with van der Waals surface area (Å²) in [6.07, 6.45) is 5.26. The van der Waals surface area contributed by atoms with Crippen LogP contribution >= 0.6 is 0 Å². The van der Waals surface area contributed by atoms with E-state index in [2.05, 4.69) is 16.5 Å². The number of carboxylic acids is 1. The monoisotopic (exact) mass is 350 g/mol. The third kappa shape index (κ3) is 3.44. The summed E-state index contributed by atoms with van der Waals surface area (Å²) in [6, 6.07) is 10.6. The van der Waals surface area contributed by atoms with E-state index in [4.69, 9.17) is 9.47 Å². The molecule has 0 fully saturated rings. The van der Waals surface area contributed by atoms with Gasteiger partial charge < -0.3 is 19.6 Å². The SMILES string of the molecule is C=CCOc1c(/C=C/c2nc3c(C(=O)O)cccc3[nH]2)cccc1OC. The molecule has 0 saturated carbocycles. The zero-order valence-electron chi connectivity index (χ0n) is 14.2. The molecule has 0 spiro atoms. The van der Waals surface area contributed by atoms with Gasteiger partial charge in [0.1, 0.15) is 17.9 Å². The van der Waals surface area contributed by atoms with Crippen molar-refractivity contribution < 1.29 is 19.4 Å². The van der Waals surface area contributed by atoms with Gasteiger partial charge in [-0.05, 0) is 30.4 Å². The normalized spacial score (nSPS) is 11.0. The predicted molar refractivity (Wildman–Crippen MR) is 101 cm³/mol. The Kier molecular flexibility index (Phi) is 5.03. The molecular weight excluding hydrogens is 332 g/mol. The van der Waals surface area contributed by atoms with Crippen LogP contribution in [0.15, 0.2) is 49.1 Å². The third-order valence-electron chi connectivity index (χ3n) is 3.76. The molecule has 0 bridgehead atoms. The van der Waals surface area contributed by atoms with E-state index in [9.17, 15) is 9.90 Å². The predicted octanol–water partition coefficient (Wildman–Crippen LogP) is 4.00. The van der Waals surface area contributed by atoms with Crippen LogP contribution in [0.4, 0.5) is 0 Å². The molecule has 1 heterocycles. The summed E-state index contributed by atoms with van der Waals surface area (Å²) in [6.45, 7) is 4.01. The molecule has 0 aliphatic heterocycles. The fraction of sp³-hybridized carbons (Fsp3) is 0.100. The van der Waals surface area contributed by atoms with Crippen molar-refractivity contribution in [2.75, 3.05) is 13.7 Å². The number of carbonyl (C=O) groups is 1. The van der Waals surface area contributed by atoms with Crippen molar-refractivity contribution in [2.24, 2.45) is 0 Å². The fourth-order valence-corrected chi connectivity index (χ4v) is 2.59. The molecule has 3 rings (SSSR count). The summed E-state index contributed by atoms with van der Waals surface area (Å²) in [7, 11) is 1.58. The number of methoxy groups -OCH3 is 1. The molecule has 2 aromatic carbocycles. The van der Waals surface area contributed by atoms with E-state index < -0.39 is 5.97 Å². The number of fused-ring (bicyclic) bond motifs is 1. The number of hydrogen-bond donors (Lipinski definition) is 2. The number of ether oxygens (including phenoxy) is 2. The van der Waals surface area contributed by atoms with Crippen LogP contribution in [0.1, 0.15) is 21.7 Å². The van der Waals surface area contributed by atoms with Gasteiger partial charge in [-0.2, -0.15) is 0 Å². The number of H-pyrrole nitrogens is 1. The Bertz CT molecular complexity index is 989. The lowest BCUT2D eigenvalue weighted by Crippen LogP contribution is -1.98. The minimum atomic E-state index is -1.01. The molecule has 0 aliphatic carbocycles. The molecule has 3 aromatic rings. The van der Waals surface area contributed by atoms with Gasteiger partial charge in [0, 0.05) is 5.56 Å². The molecule has 2 N–H and O–H groups in total. The van der Waals surface area contributed by atoms with Crippen LogP contribution in [-0.2, 0) is 0 Å². The van der Waals surface area contributed by atoms with Crippen molar-refractivity contribution in [2.45, 2.75) is 0 Å². The molecule has 0 aliphatic rings. The van der Waals surface area contributed by atoms with E-state index in [0.29, 0.717) is 35.0 Å². The highest BCUT2D eigenvalue weighted by molar-refractivity contribution is 6.01. The lowest BCUT2D eigenvalue weighted by molar-refractivity contribution is 0.0699. The zero-order chi connectivity index (χ0) is 18.5. The van der Waals surface area contributed by atoms with Crippen LogP contribution in [0.3, 0.4) is 0 Å². The first-order chi connectivity index (χ1) is 12.6. The highest BCUT2D eigenvalue weighted by Crippen LogP contribution is 2.32. The topological polar surface area (TPSA) is 84.4 Å². The number of aromatic nitrogens is 2. The number of aromatic amines is 1. The van der Waals surface area contributed by atoms with Gasteiger partial charge in [0.2, 0.25) is 0 Å². The van der Waals surface area contributed by atoms with Crippen molar-refractivity contribution >= 4 is 29.2 Å². The largest absolute Gasteiger partial charge is 0.493 e. The second-order valence-electron chi connectivity index (χ2n) is 5.44. The first-order valence-electron chi connectivity index (χ1n) is 7.95. The number of aromatic carboxylic acids is 1. The van der Waals surface area contributed by atoms with Crippen molar-refractivity contribution in [1.82, 2.24) is 9.97 Å². The Hall–Kier alpha value is -3.54. The van der Waals surface area contributed by atoms with Crippen LogP contribution < -0.4 is 9.47 Å². The number of nitrogens with zero attached hydrogens (tertiary/aromatic N) is 1. The molecule has 0 radical (unpaired) electrons. The third-order valence-corrected chi connectivity index (χ3v) is 3.76. The van der Waals surface area contributed by atoms with Gasteiger partial charge >= 0.3 is 5.97 Å². The van der Waals surface area contributed by atoms with Crippen molar-refractivity contribution in [3.05, 3.63) is 66.0 Å². The summed E-state index contributed by atoms with van der Waals surface area (Å²) in [5, 5.41) is 9.27. The van der Waals surface area contributed by atoms with Crippen molar-refractivity contribution in [3.63, 3.8) is 0 Å². The molecule has 1 aromatic heterocycles. The second kappa shape index (κ2) is 7.57. The molecule has 0 amide bonds. The molecule has 6 nitrogen and oxygen atoms in total. The van der Waals surface area contributed by atoms with Gasteiger partial charge in [0.15, 0.2) is 11.5 Å². The Morgan fingerprint density at radius 3 is 2.81 bits per heavy atom. The number of rotatable bonds is 7. The molecule has 6 heteroatoms. The number of hydrogen-bond acceptors (Lipinski definition) is 4. The maximum absolute atomic E-state index is 11.3. The Labute approximate surface area is 150 Å². The maximum atomic E-state index is 11.3. The average Bonchev–Trinajstić information content (AvgIpc) is 3.07. The van der Waals surface area contributed by atoms with Gasteiger partial charge in [-0.1, -0.05) is 30.9 Å². The molecule has 132 valence electrons. The lowest BCUT2D eigenvalue weighted by atomic mass is 10.1. The Morgan fingerprint density at radius 2 is 2.08 bits per heavy atom. The summed E-state index contributed by atoms with van der Waals surface area (Å²) >= 11 is 0. The van der Waals surface area contributed by atoms with Crippen LogP contribution in [0.2, 0.25) is 0 Å². The van der Waals surface area contributed by atoms with Crippen LogP contribution in [0.5, 0.6) is 11.5 Å². The first kappa shape index (κ1) is 17.3. The van der Waals surface area contributed by atoms with E-state index in [1.807, 2.05) is 24.3 Å². The van der Waals surface area contributed by atoms with E-state index in [-0.39, 0.29) is 5.56 Å². The lowest BCUT2D eigenvalue weighted by Gasteiger charge is -2.11. The summed E-state index contributed by atoms with van der Waals surface area (Å²) < 4.78 is 11.0. The highest BCUT2D eigenvalue weighted by Gasteiger charge is 2.12. The highest BCUT2D eigenvalue weighted by atomic mass is 16.5. The zero-order valence-corrected chi connectivity index (χ0v) is 14.2. The van der Waals surface area contributed by atoms with Gasteiger partial charge in [-0.3, -0.25) is 0 Å². The van der Waals surface area contributed by atoms with Crippen LogP contribution in [0, 0.1) is 0 Å². The number of imidazole rings is 1. The van der Waals surface area contributed by atoms with Gasteiger partial charge in [0.05, 0.1) is 18.2 Å². The molecule has 0 unspecified atom stereocenters. The Morgan fingerprint density at radius 1 is 1.27 bits per heavy atom. The maximum Gasteiger partial charge on any atom is 0.337 e. The average molecular weight is 350 g/mol. The quantitative estimate of drug-likeness (QED) is 0.629. The smallest absolute Gasteiger partial charge is 0.337 e. The summed E-state index contributed by atoms with van der Waals surface area (Å²) in [5.74, 6) is 0.761. The molecule has 0 saturated heterocycles. The van der Waals surface area contributed by atoms with E-state index >= 15 is 0 Å². The standard InChI is InChI=1S/C20H18N2O4/c1-3-12-26-19-13(6-4-9-16(19)25-2)10-11-17-21-15-8-5-7-14(20(23)24)18(15)22-17/h3-11H,1,12H2,2H3,(H,21,22)(H,23,24)/b11-10+. The van der Waals surface area contributed by atoms with Crippen LogP contribution in [-0.4, -0.2) is 34.8 Å². The Balaban J connectivity index is 1.97. The fourth-order valence-electron chi connectivity index (χ4n) is 2.59. The molecule has 0 atom stereocenters. The first-order valence-corrected chi connectivity index (χ1v) is 7.95. The molecule has 26 heavy (non-hydrogen) atoms. The van der Waals surface area contributed by atoms with Crippen molar-refractivity contribution in [1.29, 1.82) is 0 Å². The van der Waals surface area contributed by atoms with E-state index in [1.165, 1.54) is 6.07 Å². The second-order valence-corrected chi connectivity index (χ2v) is 5.44. The minimum absolute atomic E-state index is 0.162. The summed E-state index contributed by atoms with van der Waals surface area (Å²) in [4.78, 5) is 18.8. The number of benzene rings is 2. The number of nitrogens with one attached hydrogen (secondary N) is 1. The number of para-hydroxylation sites is 2. The van der Waals surface area contributed by atoms with Crippen molar-refractivity contribution in [3.8, 4) is 11.5 Å². The van der Waals surface area contributed by atoms with Gasteiger partial charge in [0.25, 0.3) is 0 Å². The molecular formula is C20H18N2O4. The van der Waals surface area contributed by atoms with Gasteiger partial charge in [-0.25, -0.2) is 9.78 Å².